The van der Waals surface area contributed by atoms with Crippen LogP contribution in [0.3, 0.4) is 0 Å². The van der Waals surface area contributed by atoms with E-state index in [9.17, 15) is 0 Å². The summed E-state index contributed by atoms with van der Waals surface area (Å²) in [6.07, 6.45) is 10.4. The summed E-state index contributed by atoms with van der Waals surface area (Å²) in [5.74, 6) is 0.553. The molecule has 1 aromatic heterocycles. The number of nitrogens with zero attached hydrogens (tertiary/aromatic N) is 2. The molecule has 0 saturated carbocycles. The van der Waals surface area contributed by atoms with Gasteiger partial charge < -0.3 is 0 Å². The molecule has 1 aromatic carbocycles. The Morgan fingerprint density at radius 2 is 1.95 bits per heavy atom. The highest BCUT2D eigenvalue weighted by molar-refractivity contribution is 5.17. The van der Waals surface area contributed by atoms with Gasteiger partial charge in [0.15, 0.2) is 0 Å². The molecule has 0 N–H and O–H groups in total. The van der Waals surface area contributed by atoms with Gasteiger partial charge in [-0.05, 0) is 49.9 Å². The summed E-state index contributed by atoms with van der Waals surface area (Å²) < 4.78 is 0. The van der Waals surface area contributed by atoms with E-state index in [1.54, 1.807) is 0 Å². The van der Waals surface area contributed by atoms with Crippen LogP contribution in [-0.4, -0.2) is 16.9 Å². The Labute approximate surface area is 133 Å². The quantitative estimate of drug-likeness (QED) is 0.748. The van der Waals surface area contributed by atoms with Gasteiger partial charge in [0.1, 0.15) is 0 Å². The molecule has 2 atom stereocenters. The fourth-order valence-corrected chi connectivity index (χ4v) is 3.39. The van der Waals surface area contributed by atoms with Gasteiger partial charge in [-0.2, -0.15) is 0 Å². The molecule has 0 amide bonds. The van der Waals surface area contributed by atoms with Crippen LogP contribution in [-0.2, 0) is 6.54 Å². The van der Waals surface area contributed by atoms with Gasteiger partial charge in [-0.25, -0.2) is 0 Å². The second-order valence-corrected chi connectivity index (χ2v) is 6.12. The predicted octanol–water partition coefficient (Wildman–Crippen LogP) is 4.61. The van der Waals surface area contributed by atoms with E-state index in [4.69, 9.17) is 0 Å². The summed E-state index contributed by atoms with van der Waals surface area (Å²) in [4.78, 5) is 7.08. The molecule has 0 aliphatic heterocycles. The molecule has 114 valence electrons. The van der Waals surface area contributed by atoms with E-state index in [2.05, 4.69) is 71.5 Å². The lowest BCUT2D eigenvalue weighted by molar-refractivity contribution is 0.177. The van der Waals surface area contributed by atoms with E-state index in [0.29, 0.717) is 12.0 Å². The Bertz CT molecular complexity index is 592. The number of rotatable bonds is 5. The van der Waals surface area contributed by atoms with E-state index >= 15 is 0 Å². The number of hydrogen-bond donors (Lipinski definition) is 0. The minimum Gasteiger partial charge on any atom is -0.293 e. The Balaban J connectivity index is 1.84. The first kappa shape index (κ1) is 15.0. The number of hydrogen-bond acceptors (Lipinski definition) is 2. The average Bonchev–Trinajstić information content (AvgIpc) is 2.58. The van der Waals surface area contributed by atoms with Crippen LogP contribution in [0.2, 0.25) is 0 Å². The average molecular weight is 292 g/mol. The summed E-state index contributed by atoms with van der Waals surface area (Å²) in [5.41, 5.74) is 2.53. The van der Waals surface area contributed by atoms with Crippen LogP contribution in [0, 0.1) is 5.92 Å². The van der Waals surface area contributed by atoms with Crippen LogP contribution in [0.1, 0.15) is 36.6 Å². The molecule has 2 unspecified atom stereocenters. The zero-order valence-corrected chi connectivity index (χ0v) is 13.2. The second-order valence-electron chi connectivity index (χ2n) is 6.12. The molecule has 2 aromatic rings. The van der Waals surface area contributed by atoms with Gasteiger partial charge in [0, 0.05) is 12.7 Å². The smallest absolute Gasteiger partial charge is 0.0584 e. The van der Waals surface area contributed by atoms with Crippen molar-refractivity contribution in [3.8, 4) is 0 Å². The third kappa shape index (κ3) is 3.63. The Kier molecular flexibility index (Phi) is 5.02. The van der Waals surface area contributed by atoms with Crippen molar-refractivity contribution in [3.63, 3.8) is 0 Å². The van der Waals surface area contributed by atoms with Crippen LogP contribution >= 0.6 is 0 Å². The van der Waals surface area contributed by atoms with Crippen molar-refractivity contribution in [1.82, 2.24) is 9.88 Å². The van der Waals surface area contributed by atoms with Gasteiger partial charge in [0.05, 0.1) is 11.7 Å². The van der Waals surface area contributed by atoms with Gasteiger partial charge >= 0.3 is 0 Å². The SMILES string of the molecule is CN(Cc1ccccc1)C(c1ccccn1)C1C=CCCC1. The van der Waals surface area contributed by atoms with Crippen molar-refractivity contribution >= 4 is 0 Å². The Hall–Kier alpha value is -1.93. The highest BCUT2D eigenvalue weighted by Crippen LogP contribution is 2.34. The van der Waals surface area contributed by atoms with Crippen LogP contribution in [0.5, 0.6) is 0 Å². The largest absolute Gasteiger partial charge is 0.293 e. The molecule has 2 nitrogen and oxygen atoms in total. The number of pyridine rings is 1. The molecule has 1 aliphatic rings. The van der Waals surface area contributed by atoms with E-state index in [1.165, 1.54) is 30.5 Å². The molecule has 0 spiro atoms. The lowest BCUT2D eigenvalue weighted by Gasteiger charge is -2.34. The standard InChI is InChI=1S/C20H24N2/c1-22(16-17-10-4-2-5-11-17)20(18-12-6-3-7-13-18)19-14-8-9-15-21-19/h2,4-6,8-12,14-15,18,20H,3,7,13,16H2,1H3. The fourth-order valence-electron chi connectivity index (χ4n) is 3.39. The minimum absolute atomic E-state index is 0.345. The van der Waals surface area contributed by atoms with Crippen LogP contribution < -0.4 is 0 Å². The Morgan fingerprint density at radius 1 is 1.14 bits per heavy atom. The third-order valence-electron chi connectivity index (χ3n) is 4.44. The predicted molar refractivity (Wildman–Crippen MR) is 91.4 cm³/mol. The van der Waals surface area contributed by atoms with Crippen molar-refractivity contribution in [2.45, 2.75) is 31.8 Å². The van der Waals surface area contributed by atoms with Gasteiger partial charge in [-0.1, -0.05) is 48.6 Å². The molecule has 1 aliphatic carbocycles. The van der Waals surface area contributed by atoms with Gasteiger partial charge in [0.25, 0.3) is 0 Å². The monoisotopic (exact) mass is 292 g/mol. The fraction of sp³-hybridized carbons (Fsp3) is 0.350. The molecule has 0 radical (unpaired) electrons. The summed E-state index contributed by atoms with van der Waals surface area (Å²) in [7, 11) is 2.22. The zero-order valence-electron chi connectivity index (χ0n) is 13.2. The molecule has 0 saturated heterocycles. The second kappa shape index (κ2) is 7.37. The molecule has 0 bridgehead atoms. The van der Waals surface area contributed by atoms with E-state index in [-0.39, 0.29) is 0 Å². The van der Waals surface area contributed by atoms with Gasteiger partial charge in [-0.3, -0.25) is 9.88 Å². The first-order valence-corrected chi connectivity index (χ1v) is 8.16. The third-order valence-corrected chi connectivity index (χ3v) is 4.44. The minimum atomic E-state index is 0.345. The first-order chi connectivity index (χ1) is 10.8. The summed E-state index contributed by atoms with van der Waals surface area (Å²) in [6, 6.07) is 17.3. The molecule has 0 fully saturated rings. The number of benzene rings is 1. The molecule has 2 heteroatoms. The van der Waals surface area contributed by atoms with Crippen LogP contribution in [0.15, 0.2) is 66.9 Å². The van der Waals surface area contributed by atoms with Crippen molar-refractivity contribution in [2.24, 2.45) is 5.92 Å². The first-order valence-electron chi connectivity index (χ1n) is 8.16. The number of aromatic nitrogens is 1. The summed E-state index contributed by atoms with van der Waals surface area (Å²) >= 11 is 0. The van der Waals surface area contributed by atoms with Gasteiger partial charge in [0.2, 0.25) is 0 Å². The highest BCUT2D eigenvalue weighted by Gasteiger charge is 2.27. The molecule has 3 rings (SSSR count). The lowest BCUT2D eigenvalue weighted by Crippen LogP contribution is -2.31. The maximum atomic E-state index is 4.64. The molecule has 22 heavy (non-hydrogen) atoms. The lowest BCUT2D eigenvalue weighted by atomic mass is 9.86. The van der Waals surface area contributed by atoms with Crippen molar-refractivity contribution in [1.29, 1.82) is 0 Å². The van der Waals surface area contributed by atoms with Crippen LogP contribution in [0.25, 0.3) is 0 Å². The van der Waals surface area contributed by atoms with Crippen molar-refractivity contribution in [2.75, 3.05) is 7.05 Å². The van der Waals surface area contributed by atoms with Crippen molar-refractivity contribution in [3.05, 3.63) is 78.1 Å². The zero-order chi connectivity index (χ0) is 15.2. The van der Waals surface area contributed by atoms with Crippen molar-refractivity contribution < 1.29 is 0 Å². The maximum absolute atomic E-state index is 4.64. The van der Waals surface area contributed by atoms with Crippen LogP contribution in [0.4, 0.5) is 0 Å². The topological polar surface area (TPSA) is 16.1 Å². The maximum Gasteiger partial charge on any atom is 0.0584 e. The van der Waals surface area contributed by atoms with E-state index in [0.717, 1.165) is 6.54 Å². The molecular formula is C20H24N2. The van der Waals surface area contributed by atoms with Gasteiger partial charge in [-0.15, -0.1) is 0 Å². The van der Waals surface area contributed by atoms with E-state index in [1.807, 2.05) is 12.3 Å². The number of allylic oxidation sites excluding steroid dienone is 1. The highest BCUT2D eigenvalue weighted by atomic mass is 15.1. The molecule has 1 heterocycles. The Morgan fingerprint density at radius 3 is 2.64 bits per heavy atom. The van der Waals surface area contributed by atoms with E-state index < -0.39 is 0 Å². The summed E-state index contributed by atoms with van der Waals surface area (Å²) in [6.45, 7) is 0.951. The summed E-state index contributed by atoms with van der Waals surface area (Å²) in [5, 5.41) is 0. The normalized spacial score (nSPS) is 19.3. The molecular weight excluding hydrogens is 268 g/mol.